The maximum absolute atomic E-state index is 12.1. The van der Waals surface area contributed by atoms with Crippen LogP contribution in [0.2, 0.25) is 0 Å². The lowest BCUT2D eigenvalue weighted by atomic mass is 9.96. The summed E-state index contributed by atoms with van der Waals surface area (Å²) in [7, 11) is 0. The maximum Gasteiger partial charge on any atom is 0.273 e. The van der Waals surface area contributed by atoms with Crippen molar-refractivity contribution in [1.29, 1.82) is 0 Å². The third-order valence-corrected chi connectivity index (χ3v) is 4.03. The largest absolute Gasteiger partial charge is 0.360 e. The molecule has 2 heterocycles. The lowest BCUT2D eigenvalue weighted by Crippen LogP contribution is -2.26. The number of amides is 1. The van der Waals surface area contributed by atoms with Crippen LogP contribution in [0.4, 0.5) is 0 Å². The fraction of sp³-hybridized carbons (Fsp3) is 0.500. The Morgan fingerprint density at radius 2 is 2.29 bits per heavy atom. The van der Waals surface area contributed by atoms with Crippen LogP contribution in [0.3, 0.4) is 0 Å². The fourth-order valence-corrected chi connectivity index (χ4v) is 2.88. The van der Waals surface area contributed by atoms with Gasteiger partial charge in [0, 0.05) is 31.3 Å². The number of carbonyl (C=O) groups excluding carboxylic acids is 1. The molecule has 1 aliphatic rings. The van der Waals surface area contributed by atoms with Crippen molar-refractivity contribution >= 4 is 21.8 Å². The molecule has 112 valence electrons. The zero-order valence-electron chi connectivity index (χ0n) is 11.6. The van der Waals surface area contributed by atoms with E-state index in [-0.39, 0.29) is 5.91 Å². The van der Waals surface area contributed by atoms with Gasteiger partial charge in [-0.2, -0.15) is 5.10 Å². The Balaban J connectivity index is 1.49. The highest BCUT2D eigenvalue weighted by Crippen LogP contribution is 2.23. The van der Waals surface area contributed by atoms with Gasteiger partial charge < -0.3 is 9.84 Å². The van der Waals surface area contributed by atoms with Crippen molar-refractivity contribution in [2.75, 3.05) is 6.54 Å². The van der Waals surface area contributed by atoms with Crippen LogP contribution in [0.15, 0.2) is 21.4 Å². The van der Waals surface area contributed by atoms with Crippen molar-refractivity contribution in [1.82, 2.24) is 20.3 Å². The molecule has 0 saturated carbocycles. The van der Waals surface area contributed by atoms with Gasteiger partial charge in [0.2, 0.25) is 0 Å². The average Bonchev–Trinajstić information content (AvgIpc) is 3.09. The Labute approximate surface area is 131 Å². The molecule has 1 N–H and O–H groups in total. The van der Waals surface area contributed by atoms with Crippen LogP contribution in [-0.2, 0) is 19.4 Å². The number of rotatable bonds is 5. The Morgan fingerprint density at radius 3 is 3.10 bits per heavy atom. The number of nitrogens with one attached hydrogen (secondary N) is 1. The second-order valence-corrected chi connectivity index (χ2v) is 6.09. The minimum atomic E-state index is -0.136. The zero-order valence-corrected chi connectivity index (χ0v) is 13.2. The molecule has 2 aromatic heterocycles. The van der Waals surface area contributed by atoms with E-state index in [1.54, 1.807) is 6.20 Å². The second-order valence-electron chi connectivity index (χ2n) is 5.17. The van der Waals surface area contributed by atoms with Gasteiger partial charge >= 0.3 is 0 Å². The topological polar surface area (TPSA) is 73.0 Å². The normalized spacial score (nSPS) is 14.0. The van der Waals surface area contributed by atoms with E-state index in [1.807, 2.05) is 10.9 Å². The van der Waals surface area contributed by atoms with E-state index in [4.69, 9.17) is 4.52 Å². The van der Waals surface area contributed by atoms with E-state index in [2.05, 4.69) is 31.5 Å². The number of aryl methyl sites for hydroxylation is 2. The third-order valence-electron chi connectivity index (χ3n) is 3.62. The quantitative estimate of drug-likeness (QED) is 0.838. The van der Waals surface area contributed by atoms with Gasteiger partial charge in [-0.25, -0.2) is 0 Å². The van der Waals surface area contributed by atoms with E-state index in [0.717, 1.165) is 54.4 Å². The van der Waals surface area contributed by atoms with Crippen molar-refractivity contribution in [2.45, 2.75) is 38.6 Å². The van der Waals surface area contributed by atoms with Gasteiger partial charge in [0.05, 0.1) is 10.7 Å². The molecule has 1 amide bonds. The predicted molar refractivity (Wildman–Crippen MR) is 80.0 cm³/mol. The third kappa shape index (κ3) is 3.34. The molecule has 21 heavy (non-hydrogen) atoms. The van der Waals surface area contributed by atoms with Gasteiger partial charge in [-0.3, -0.25) is 9.48 Å². The molecule has 7 heteroatoms. The van der Waals surface area contributed by atoms with Crippen LogP contribution in [0, 0.1) is 0 Å². The summed E-state index contributed by atoms with van der Waals surface area (Å²) in [6.45, 7) is 1.36. The molecule has 3 rings (SSSR count). The summed E-state index contributed by atoms with van der Waals surface area (Å²) in [5.41, 5.74) is 1.46. The van der Waals surface area contributed by atoms with E-state index < -0.39 is 0 Å². The lowest BCUT2D eigenvalue weighted by Gasteiger charge is -2.09. The standard InChI is InChI=1S/C14H17BrN4O2/c15-10-8-17-19(9-10)7-3-6-16-14(20)13-11-4-1-2-5-12(11)21-18-13/h8-9H,1-7H2,(H,16,20). The molecule has 6 nitrogen and oxygen atoms in total. The SMILES string of the molecule is O=C(NCCCn1cc(Br)cn1)c1noc2c1CCCC2. The highest BCUT2D eigenvalue weighted by Gasteiger charge is 2.23. The number of hydrogen-bond donors (Lipinski definition) is 1. The molecular formula is C14H17BrN4O2. The maximum atomic E-state index is 12.1. The van der Waals surface area contributed by atoms with Gasteiger partial charge in [0.25, 0.3) is 5.91 Å². The lowest BCUT2D eigenvalue weighted by molar-refractivity contribution is 0.0942. The summed E-state index contributed by atoms with van der Waals surface area (Å²) in [6, 6.07) is 0. The molecule has 2 aromatic rings. The van der Waals surface area contributed by atoms with Crippen LogP contribution < -0.4 is 5.32 Å². The first-order valence-corrected chi connectivity index (χ1v) is 7.97. The monoisotopic (exact) mass is 352 g/mol. The van der Waals surface area contributed by atoms with Crippen molar-refractivity contribution in [3.63, 3.8) is 0 Å². The molecule has 0 fully saturated rings. The Morgan fingerprint density at radius 1 is 1.43 bits per heavy atom. The Bertz CT molecular complexity index is 635. The summed E-state index contributed by atoms with van der Waals surface area (Å²) in [5.74, 6) is 0.747. The van der Waals surface area contributed by atoms with Crippen LogP contribution >= 0.6 is 15.9 Å². The molecule has 0 aliphatic heterocycles. The van der Waals surface area contributed by atoms with Gasteiger partial charge in [-0.05, 0) is 41.6 Å². The van der Waals surface area contributed by atoms with E-state index in [9.17, 15) is 4.79 Å². The highest BCUT2D eigenvalue weighted by atomic mass is 79.9. The number of halogens is 1. The first-order valence-electron chi connectivity index (χ1n) is 7.17. The van der Waals surface area contributed by atoms with Gasteiger partial charge in [0.1, 0.15) is 5.76 Å². The number of hydrogen-bond acceptors (Lipinski definition) is 4. The van der Waals surface area contributed by atoms with Gasteiger partial charge in [-0.15, -0.1) is 0 Å². The smallest absolute Gasteiger partial charge is 0.273 e. The summed E-state index contributed by atoms with van der Waals surface area (Å²) < 4.78 is 8.06. The first-order chi connectivity index (χ1) is 10.2. The van der Waals surface area contributed by atoms with Crippen molar-refractivity contribution in [3.05, 3.63) is 33.9 Å². The van der Waals surface area contributed by atoms with E-state index in [0.29, 0.717) is 12.2 Å². The first kappa shape index (κ1) is 14.3. The second kappa shape index (κ2) is 6.43. The van der Waals surface area contributed by atoms with Crippen LogP contribution in [-0.4, -0.2) is 27.4 Å². The van der Waals surface area contributed by atoms with Crippen molar-refractivity contribution in [3.8, 4) is 0 Å². The molecular weight excluding hydrogens is 336 g/mol. The molecule has 0 radical (unpaired) electrons. The summed E-state index contributed by atoms with van der Waals surface area (Å²) in [6.07, 6.45) is 8.48. The van der Waals surface area contributed by atoms with Crippen molar-refractivity contribution < 1.29 is 9.32 Å². The molecule has 1 aliphatic carbocycles. The van der Waals surface area contributed by atoms with Gasteiger partial charge in [-0.1, -0.05) is 5.16 Å². The summed E-state index contributed by atoms with van der Waals surface area (Å²) in [5, 5.41) is 11.0. The molecule has 0 saturated heterocycles. The van der Waals surface area contributed by atoms with Crippen LogP contribution in [0.5, 0.6) is 0 Å². The number of nitrogens with zero attached hydrogens (tertiary/aromatic N) is 3. The van der Waals surface area contributed by atoms with Gasteiger partial charge in [0.15, 0.2) is 5.69 Å². The molecule has 0 aromatic carbocycles. The zero-order chi connectivity index (χ0) is 14.7. The van der Waals surface area contributed by atoms with Crippen LogP contribution in [0.1, 0.15) is 41.1 Å². The van der Waals surface area contributed by atoms with E-state index >= 15 is 0 Å². The number of fused-ring (bicyclic) bond motifs is 1. The highest BCUT2D eigenvalue weighted by molar-refractivity contribution is 9.10. The predicted octanol–water partition coefficient (Wildman–Crippen LogP) is 2.33. The average molecular weight is 353 g/mol. The summed E-state index contributed by atoms with van der Waals surface area (Å²) in [4.78, 5) is 12.1. The number of aromatic nitrogens is 3. The van der Waals surface area contributed by atoms with Crippen molar-refractivity contribution in [2.24, 2.45) is 0 Å². The molecule has 0 atom stereocenters. The molecule has 0 unspecified atom stereocenters. The number of carbonyl (C=O) groups is 1. The minimum Gasteiger partial charge on any atom is -0.360 e. The molecule has 0 bridgehead atoms. The van der Waals surface area contributed by atoms with Crippen LogP contribution in [0.25, 0.3) is 0 Å². The van der Waals surface area contributed by atoms with E-state index in [1.165, 1.54) is 0 Å². The molecule has 0 spiro atoms. The summed E-state index contributed by atoms with van der Waals surface area (Å²) >= 11 is 3.35. The Kier molecular flexibility index (Phi) is 4.38. The Hall–Kier alpha value is -1.63. The minimum absolute atomic E-state index is 0.136. The fourth-order valence-electron chi connectivity index (χ4n) is 2.55.